The molecular formula is C19H22FN3O. The van der Waals surface area contributed by atoms with E-state index in [4.69, 9.17) is 0 Å². The molecule has 1 heterocycles. The Labute approximate surface area is 141 Å². The van der Waals surface area contributed by atoms with E-state index in [1.54, 1.807) is 23.0 Å². The van der Waals surface area contributed by atoms with Crippen molar-refractivity contribution in [3.63, 3.8) is 0 Å². The highest BCUT2D eigenvalue weighted by molar-refractivity contribution is 5.77. The summed E-state index contributed by atoms with van der Waals surface area (Å²) < 4.78 is 14.8. The second kappa shape index (κ2) is 6.99. The number of benzene rings is 1. The second-order valence-corrected chi connectivity index (χ2v) is 6.33. The van der Waals surface area contributed by atoms with Crippen molar-refractivity contribution in [3.05, 3.63) is 59.7 Å². The third-order valence-electron chi connectivity index (χ3n) is 4.52. The summed E-state index contributed by atoms with van der Waals surface area (Å²) in [7, 11) is 0. The van der Waals surface area contributed by atoms with Crippen LogP contribution in [0.1, 0.15) is 43.5 Å². The highest BCUT2D eigenvalue weighted by Gasteiger charge is 2.19. The van der Waals surface area contributed by atoms with E-state index in [-0.39, 0.29) is 17.8 Å². The van der Waals surface area contributed by atoms with E-state index in [1.807, 2.05) is 13.8 Å². The van der Waals surface area contributed by atoms with Gasteiger partial charge in [-0.15, -0.1) is 0 Å². The van der Waals surface area contributed by atoms with E-state index in [9.17, 15) is 9.18 Å². The molecule has 1 N–H and O–H groups in total. The molecule has 0 aliphatic heterocycles. The van der Waals surface area contributed by atoms with Gasteiger partial charge in [-0.05, 0) is 56.9 Å². The molecule has 5 heteroatoms. The van der Waals surface area contributed by atoms with Crippen LogP contribution >= 0.6 is 0 Å². The first-order valence-corrected chi connectivity index (χ1v) is 8.31. The van der Waals surface area contributed by atoms with E-state index >= 15 is 0 Å². The highest BCUT2D eigenvalue weighted by Crippen LogP contribution is 2.23. The zero-order chi connectivity index (χ0) is 17.1. The summed E-state index contributed by atoms with van der Waals surface area (Å²) in [4.78, 5) is 12.2. The number of hydrogen-bond acceptors (Lipinski definition) is 2. The summed E-state index contributed by atoms with van der Waals surface area (Å²) in [5.74, 6) is 0.151. The molecule has 126 valence electrons. The van der Waals surface area contributed by atoms with Crippen molar-refractivity contribution in [1.29, 1.82) is 0 Å². The van der Waals surface area contributed by atoms with Crippen LogP contribution in [0.15, 0.2) is 42.6 Å². The fraction of sp³-hybridized carbons (Fsp3) is 0.368. The van der Waals surface area contributed by atoms with Crippen LogP contribution in [0, 0.1) is 18.7 Å². The molecule has 0 spiro atoms. The van der Waals surface area contributed by atoms with Crippen LogP contribution in [0.5, 0.6) is 0 Å². The van der Waals surface area contributed by atoms with E-state index < -0.39 is 0 Å². The number of hydrogen-bond donors (Lipinski definition) is 1. The van der Waals surface area contributed by atoms with Gasteiger partial charge in [-0.2, -0.15) is 5.10 Å². The molecule has 0 unspecified atom stereocenters. The minimum absolute atomic E-state index is 0.0629. The Balaban J connectivity index is 1.69. The number of halogens is 1. The minimum Gasteiger partial charge on any atom is -0.349 e. The van der Waals surface area contributed by atoms with Gasteiger partial charge >= 0.3 is 0 Å². The summed E-state index contributed by atoms with van der Waals surface area (Å²) >= 11 is 0. The third-order valence-corrected chi connectivity index (χ3v) is 4.52. The van der Waals surface area contributed by atoms with E-state index in [2.05, 4.69) is 22.6 Å². The Kier molecular flexibility index (Phi) is 4.79. The maximum absolute atomic E-state index is 13.1. The minimum atomic E-state index is -0.273. The zero-order valence-electron chi connectivity index (χ0n) is 14.0. The molecule has 0 radical (unpaired) electrons. The quantitative estimate of drug-likeness (QED) is 0.848. The van der Waals surface area contributed by atoms with Crippen LogP contribution in [0.3, 0.4) is 0 Å². The predicted molar refractivity (Wildman–Crippen MR) is 91.3 cm³/mol. The van der Waals surface area contributed by atoms with Crippen LogP contribution in [-0.4, -0.2) is 15.7 Å². The molecular weight excluding hydrogens is 305 g/mol. The van der Waals surface area contributed by atoms with Gasteiger partial charge in [0.15, 0.2) is 0 Å². The smallest absolute Gasteiger partial charge is 0.221 e. The van der Waals surface area contributed by atoms with Gasteiger partial charge in [0.1, 0.15) is 5.82 Å². The topological polar surface area (TPSA) is 46.9 Å². The number of nitrogens with zero attached hydrogens (tertiary/aromatic N) is 2. The van der Waals surface area contributed by atoms with Gasteiger partial charge in [0.25, 0.3) is 0 Å². The summed E-state index contributed by atoms with van der Waals surface area (Å²) in [5.41, 5.74) is 2.71. The first kappa shape index (κ1) is 16.4. The van der Waals surface area contributed by atoms with Gasteiger partial charge in [-0.3, -0.25) is 4.79 Å². The van der Waals surface area contributed by atoms with E-state index in [0.29, 0.717) is 12.3 Å². The molecule has 1 aromatic heterocycles. The fourth-order valence-corrected chi connectivity index (χ4v) is 3.17. The maximum Gasteiger partial charge on any atom is 0.221 e. The average molecular weight is 327 g/mol. The number of nitrogens with one attached hydrogen (secondary N) is 1. The molecule has 0 saturated heterocycles. The summed E-state index contributed by atoms with van der Waals surface area (Å²) in [6.45, 7) is 3.91. The van der Waals surface area contributed by atoms with E-state index in [0.717, 1.165) is 29.8 Å². The molecule has 3 rings (SSSR count). The lowest BCUT2D eigenvalue weighted by molar-refractivity contribution is -0.122. The summed E-state index contributed by atoms with van der Waals surface area (Å²) in [5, 5.41) is 7.43. The van der Waals surface area contributed by atoms with Crippen LogP contribution in [0.25, 0.3) is 5.69 Å². The molecule has 1 amide bonds. The Hall–Kier alpha value is -2.43. The van der Waals surface area contributed by atoms with Crippen LogP contribution in [-0.2, 0) is 4.79 Å². The summed E-state index contributed by atoms with van der Waals surface area (Å²) in [6.07, 6.45) is 8.69. The third kappa shape index (κ3) is 3.55. The molecule has 1 aliphatic carbocycles. The number of amides is 1. The molecule has 0 fully saturated rings. The monoisotopic (exact) mass is 327 g/mol. The van der Waals surface area contributed by atoms with Crippen molar-refractivity contribution in [1.82, 2.24) is 15.1 Å². The Morgan fingerprint density at radius 2 is 2.17 bits per heavy atom. The first-order chi connectivity index (χ1) is 11.5. The fourth-order valence-electron chi connectivity index (χ4n) is 3.17. The average Bonchev–Trinajstić information content (AvgIpc) is 3.18. The Morgan fingerprint density at radius 1 is 1.42 bits per heavy atom. The molecule has 1 aliphatic rings. The maximum atomic E-state index is 13.1. The number of rotatable bonds is 5. The molecule has 2 aromatic rings. The molecule has 0 saturated carbocycles. The van der Waals surface area contributed by atoms with Crippen molar-refractivity contribution in [3.8, 4) is 5.69 Å². The van der Waals surface area contributed by atoms with E-state index in [1.165, 1.54) is 12.1 Å². The van der Waals surface area contributed by atoms with Crippen molar-refractivity contribution < 1.29 is 9.18 Å². The largest absolute Gasteiger partial charge is 0.349 e. The lowest BCUT2D eigenvalue weighted by Crippen LogP contribution is -2.28. The highest BCUT2D eigenvalue weighted by atomic mass is 19.1. The van der Waals surface area contributed by atoms with Gasteiger partial charge in [-0.1, -0.05) is 12.2 Å². The Morgan fingerprint density at radius 3 is 2.83 bits per heavy atom. The van der Waals surface area contributed by atoms with Gasteiger partial charge in [0, 0.05) is 17.7 Å². The molecule has 0 bridgehead atoms. The molecule has 2 atom stereocenters. The van der Waals surface area contributed by atoms with Gasteiger partial charge in [0.05, 0.1) is 17.9 Å². The number of carbonyl (C=O) groups excluding carboxylic acids is 1. The Bertz CT molecular complexity index is 748. The number of aromatic nitrogens is 2. The van der Waals surface area contributed by atoms with Crippen LogP contribution in [0.2, 0.25) is 0 Å². The molecule has 1 aromatic carbocycles. The van der Waals surface area contributed by atoms with Crippen LogP contribution in [0.4, 0.5) is 4.39 Å². The van der Waals surface area contributed by atoms with Crippen LogP contribution < -0.4 is 5.32 Å². The summed E-state index contributed by atoms with van der Waals surface area (Å²) in [6, 6.07) is 6.09. The van der Waals surface area contributed by atoms with Crippen molar-refractivity contribution in [2.45, 2.75) is 39.2 Å². The predicted octanol–water partition coefficient (Wildman–Crippen LogP) is 3.85. The van der Waals surface area contributed by atoms with Crippen molar-refractivity contribution >= 4 is 5.91 Å². The molecule has 4 nitrogen and oxygen atoms in total. The van der Waals surface area contributed by atoms with Crippen molar-refractivity contribution in [2.75, 3.05) is 0 Å². The number of carbonyl (C=O) groups is 1. The first-order valence-electron chi connectivity index (χ1n) is 8.31. The lowest BCUT2D eigenvalue weighted by atomic mass is 10.0. The van der Waals surface area contributed by atoms with Gasteiger partial charge in [-0.25, -0.2) is 9.07 Å². The molecule has 24 heavy (non-hydrogen) atoms. The normalized spacial score (nSPS) is 17.9. The standard InChI is InChI=1S/C19H22FN3O/c1-13(22-19(24)11-15-5-3-4-6-15)18-12-21-23(14(18)2)17-9-7-16(20)8-10-17/h3,5,7-10,12-13,15H,4,6,11H2,1-2H3,(H,22,24)/t13-,15-/m0/s1. The number of allylic oxidation sites excluding steroid dienone is 2. The van der Waals surface area contributed by atoms with Crippen molar-refractivity contribution in [2.24, 2.45) is 5.92 Å². The van der Waals surface area contributed by atoms with Gasteiger partial charge in [0.2, 0.25) is 5.91 Å². The lowest BCUT2D eigenvalue weighted by Gasteiger charge is -2.15. The van der Waals surface area contributed by atoms with Gasteiger partial charge < -0.3 is 5.32 Å². The SMILES string of the molecule is Cc1c([C@H](C)NC(=O)C[C@H]2C=CCC2)cnn1-c1ccc(F)cc1. The zero-order valence-corrected chi connectivity index (χ0v) is 14.0. The second-order valence-electron chi connectivity index (χ2n) is 6.33.